The fourth-order valence-corrected chi connectivity index (χ4v) is 4.95. The van der Waals surface area contributed by atoms with Crippen LogP contribution in [0, 0.1) is 6.92 Å². The zero-order chi connectivity index (χ0) is 21.5. The van der Waals surface area contributed by atoms with Crippen LogP contribution in [0.2, 0.25) is 5.02 Å². The van der Waals surface area contributed by atoms with Crippen molar-refractivity contribution in [2.45, 2.75) is 31.2 Å². The first-order valence-electron chi connectivity index (χ1n) is 9.57. The first-order chi connectivity index (χ1) is 14.3. The molecule has 1 N–H and O–H groups in total. The van der Waals surface area contributed by atoms with E-state index in [4.69, 9.17) is 11.6 Å². The normalized spacial score (nSPS) is 15.7. The molecule has 7 heteroatoms. The number of halogens is 1. The number of amides is 1. The lowest BCUT2D eigenvalue weighted by Gasteiger charge is -2.23. The van der Waals surface area contributed by atoms with E-state index in [-0.39, 0.29) is 16.8 Å². The van der Waals surface area contributed by atoms with Crippen molar-refractivity contribution in [2.24, 2.45) is 0 Å². The average Bonchev–Trinajstić information content (AvgIpc) is 3.05. The number of nitrogens with one attached hydrogen (secondary N) is 1. The Balaban J connectivity index is 1.63. The van der Waals surface area contributed by atoms with Gasteiger partial charge in [-0.05, 0) is 73.9 Å². The first kappa shape index (κ1) is 20.4. The minimum absolute atomic E-state index is 0.0606. The predicted octanol–water partition coefficient (Wildman–Crippen LogP) is 5.04. The molecule has 1 aliphatic rings. The van der Waals surface area contributed by atoms with Gasteiger partial charge in [0.1, 0.15) is 0 Å². The van der Waals surface area contributed by atoms with E-state index in [9.17, 15) is 13.2 Å². The zero-order valence-electron chi connectivity index (χ0n) is 16.6. The van der Waals surface area contributed by atoms with Crippen LogP contribution in [0.25, 0.3) is 0 Å². The summed E-state index contributed by atoms with van der Waals surface area (Å²) in [5, 5.41) is 0.494. The SMILES string of the molecule is Cc1ccc(NS(=O)(=O)c2ccc3c(c2)C[C@H](C)N3C(=O)c2ccccc2)cc1Cl. The zero-order valence-corrected chi connectivity index (χ0v) is 18.2. The molecule has 4 rings (SSSR count). The Labute approximate surface area is 181 Å². The predicted molar refractivity (Wildman–Crippen MR) is 120 cm³/mol. The molecule has 0 unspecified atom stereocenters. The summed E-state index contributed by atoms with van der Waals surface area (Å²) in [5.41, 5.74) is 3.45. The van der Waals surface area contributed by atoms with Gasteiger partial charge in [-0.3, -0.25) is 9.52 Å². The van der Waals surface area contributed by atoms with E-state index in [1.807, 2.05) is 32.0 Å². The number of carbonyl (C=O) groups is 1. The second-order valence-corrected chi connectivity index (χ2v) is 9.54. The van der Waals surface area contributed by atoms with Crippen molar-refractivity contribution in [2.75, 3.05) is 9.62 Å². The Bertz CT molecular complexity index is 1230. The summed E-state index contributed by atoms with van der Waals surface area (Å²) in [6.07, 6.45) is 0.591. The molecular formula is C23H21ClN2O3S. The maximum Gasteiger partial charge on any atom is 0.261 e. The van der Waals surface area contributed by atoms with E-state index in [0.717, 1.165) is 16.8 Å². The molecule has 1 atom stereocenters. The quantitative estimate of drug-likeness (QED) is 0.618. The van der Waals surface area contributed by atoms with Crippen LogP contribution in [0.3, 0.4) is 0 Å². The highest BCUT2D eigenvalue weighted by Gasteiger charge is 2.32. The third-order valence-corrected chi connectivity index (χ3v) is 7.03. The second-order valence-electron chi connectivity index (χ2n) is 7.45. The molecule has 1 aliphatic heterocycles. The minimum Gasteiger partial charge on any atom is -0.305 e. The number of nitrogens with zero attached hydrogens (tertiary/aromatic N) is 1. The van der Waals surface area contributed by atoms with Gasteiger partial charge in [-0.2, -0.15) is 0 Å². The van der Waals surface area contributed by atoms with Crippen molar-refractivity contribution in [1.29, 1.82) is 0 Å². The smallest absolute Gasteiger partial charge is 0.261 e. The standard InChI is InChI=1S/C23H21ClN2O3S/c1-15-8-9-19(14-21(15)24)25-30(28,29)20-10-11-22-18(13-20)12-16(2)26(22)23(27)17-6-4-3-5-7-17/h3-11,13-14,16,25H,12H2,1-2H3/t16-/m0/s1. The molecule has 0 aliphatic carbocycles. The van der Waals surface area contributed by atoms with Crippen LogP contribution in [0.5, 0.6) is 0 Å². The second kappa shape index (κ2) is 7.78. The van der Waals surface area contributed by atoms with Crippen LogP contribution in [0.4, 0.5) is 11.4 Å². The number of hydrogen-bond donors (Lipinski definition) is 1. The van der Waals surface area contributed by atoms with Crippen LogP contribution < -0.4 is 9.62 Å². The number of carbonyl (C=O) groups excluding carboxylic acids is 1. The lowest BCUT2D eigenvalue weighted by Crippen LogP contribution is -2.35. The molecule has 0 saturated heterocycles. The summed E-state index contributed by atoms with van der Waals surface area (Å²) in [4.78, 5) is 14.9. The van der Waals surface area contributed by atoms with Gasteiger partial charge < -0.3 is 4.90 Å². The van der Waals surface area contributed by atoms with Crippen molar-refractivity contribution in [3.05, 3.63) is 88.4 Å². The number of anilines is 2. The summed E-state index contributed by atoms with van der Waals surface area (Å²) < 4.78 is 28.3. The molecule has 0 saturated carbocycles. The molecule has 0 fully saturated rings. The maximum absolute atomic E-state index is 13.0. The number of rotatable bonds is 4. The van der Waals surface area contributed by atoms with Gasteiger partial charge in [0.15, 0.2) is 0 Å². The van der Waals surface area contributed by atoms with Gasteiger partial charge in [-0.1, -0.05) is 35.9 Å². The highest BCUT2D eigenvalue weighted by Crippen LogP contribution is 2.35. The van der Waals surface area contributed by atoms with Crippen molar-refractivity contribution in [3.8, 4) is 0 Å². The lowest BCUT2D eigenvalue weighted by atomic mass is 10.1. The van der Waals surface area contributed by atoms with Gasteiger partial charge in [0, 0.05) is 22.3 Å². The van der Waals surface area contributed by atoms with Crippen molar-refractivity contribution in [3.63, 3.8) is 0 Å². The summed E-state index contributed by atoms with van der Waals surface area (Å²) in [7, 11) is -3.78. The fraction of sp³-hybridized carbons (Fsp3) is 0.174. The molecule has 0 bridgehead atoms. The number of benzene rings is 3. The number of sulfonamides is 1. The molecule has 1 heterocycles. The summed E-state index contributed by atoms with van der Waals surface area (Å²) >= 11 is 6.11. The van der Waals surface area contributed by atoms with Crippen LogP contribution in [0.15, 0.2) is 71.6 Å². The van der Waals surface area contributed by atoms with Crippen LogP contribution in [-0.4, -0.2) is 20.4 Å². The van der Waals surface area contributed by atoms with E-state index < -0.39 is 10.0 Å². The highest BCUT2D eigenvalue weighted by atomic mass is 35.5. The third kappa shape index (κ3) is 3.80. The molecule has 3 aromatic carbocycles. The monoisotopic (exact) mass is 440 g/mol. The van der Waals surface area contributed by atoms with Gasteiger partial charge >= 0.3 is 0 Å². The van der Waals surface area contributed by atoms with E-state index in [2.05, 4.69) is 4.72 Å². The molecule has 0 spiro atoms. The molecule has 154 valence electrons. The van der Waals surface area contributed by atoms with Gasteiger partial charge in [-0.25, -0.2) is 8.42 Å². The highest BCUT2D eigenvalue weighted by molar-refractivity contribution is 7.92. The molecular weight excluding hydrogens is 420 g/mol. The van der Waals surface area contributed by atoms with Gasteiger partial charge in [0.25, 0.3) is 15.9 Å². The van der Waals surface area contributed by atoms with Crippen molar-refractivity contribution >= 4 is 38.9 Å². The van der Waals surface area contributed by atoms with Crippen molar-refractivity contribution in [1.82, 2.24) is 0 Å². The molecule has 0 aromatic heterocycles. The minimum atomic E-state index is -3.78. The molecule has 0 radical (unpaired) electrons. The molecule has 3 aromatic rings. The Hall–Kier alpha value is -2.83. The van der Waals surface area contributed by atoms with Crippen molar-refractivity contribution < 1.29 is 13.2 Å². The van der Waals surface area contributed by atoms with Crippen LogP contribution in [-0.2, 0) is 16.4 Å². The fourth-order valence-electron chi connectivity index (χ4n) is 3.67. The number of hydrogen-bond acceptors (Lipinski definition) is 3. The van der Waals surface area contributed by atoms with Gasteiger partial charge in [0.2, 0.25) is 0 Å². The summed E-state index contributed by atoms with van der Waals surface area (Å²) in [6, 6.07) is 18.9. The van der Waals surface area contributed by atoms with E-state index in [0.29, 0.717) is 22.7 Å². The van der Waals surface area contributed by atoms with Gasteiger partial charge in [-0.15, -0.1) is 0 Å². The molecule has 1 amide bonds. The lowest BCUT2D eigenvalue weighted by molar-refractivity contribution is 0.0981. The average molecular weight is 441 g/mol. The summed E-state index contributed by atoms with van der Waals surface area (Å²) in [5.74, 6) is -0.0927. The van der Waals surface area contributed by atoms with Crippen LogP contribution >= 0.6 is 11.6 Å². The maximum atomic E-state index is 13.0. The Morgan fingerprint density at radius 1 is 1.07 bits per heavy atom. The Kier molecular flexibility index (Phi) is 5.30. The van der Waals surface area contributed by atoms with Gasteiger partial charge in [0.05, 0.1) is 10.6 Å². The largest absolute Gasteiger partial charge is 0.305 e. The topological polar surface area (TPSA) is 66.5 Å². The molecule has 30 heavy (non-hydrogen) atoms. The van der Waals surface area contributed by atoms with E-state index in [1.165, 1.54) is 6.07 Å². The Morgan fingerprint density at radius 2 is 1.80 bits per heavy atom. The van der Waals surface area contributed by atoms with Crippen LogP contribution in [0.1, 0.15) is 28.4 Å². The van der Waals surface area contributed by atoms with E-state index >= 15 is 0 Å². The molecule has 5 nitrogen and oxygen atoms in total. The number of aryl methyl sites for hydroxylation is 1. The summed E-state index contributed by atoms with van der Waals surface area (Å²) in [6.45, 7) is 3.81. The number of fused-ring (bicyclic) bond motifs is 1. The Morgan fingerprint density at radius 3 is 2.50 bits per heavy atom. The first-order valence-corrected chi connectivity index (χ1v) is 11.4. The third-order valence-electron chi connectivity index (χ3n) is 5.24. The van der Waals surface area contributed by atoms with E-state index in [1.54, 1.807) is 47.4 Å².